The van der Waals surface area contributed by atoms with Crippen LogP contribution in [0.15, 0.2) is 6.20 Å². The summed E-state index contributed by atoms with van der Waals surface area (Å²) in [4.78, 5) is 29.3. The van der Waals surface area contributed by atoms with Crippen molar-refractivity contribution in [2.75, 3.05) is 31.6 Å². The van der Waals surface area contributed by atoms with Crippen LogP contribution < -0.4 is 5.32 Å². The van der Waals surface area contributed by atoms with Crippen LogP contribution in [0, 0.1) is 5.41 Å². The molecule has 2 aliphatic rings. The van der Waals surface area contributed by atoms with Gasteiger partial charge in [-0.15, -0.1) is 5.10 Å². The lowest BCUT2D eigenvalue weighted by atomic mass is 9.85. The Kier molecular flexibility index (Phi) is 6.97. The van der Waals surface area contributed by atoms with E-state index in [-0.39, 0.29) is 42.3 Å². The second-order valence-corrected chi connectivity index (χ2v) is 12.1. The number of aliphatic hydroxyl groups is 1. The number of aliphatic hydroxyl groups excluding tert-OH is 1. The quantitative estimate of drug-likeness (QED) is 0.570. The summed E-state index contributed by atoms with van der Waals surface area (Å²) in [5, 5.41) is 21.1. The number of aromatic nitrogens is 3. The normalized spacial score (nSPS) is 27.3. The molecule has 11 nitrogen and oxygen atoms in total. The fourth-order valence-electron chi connectivity index (χ4n) is 4.50. The highest BCUT2D eigenvalue weighted by Gasteiger charge is 2.45. The fraction of sp³-hybridized carbons (Fsp3) is 0.800. The molecule has 0 saturated carbocycles. The number of sulfone groups is 1. The Bertz CT molecular complexity index is 956. The molecular weight excluding hydrogens is 436 g/mol. The van der Waals surface area contributed by atoms with E-state index >= 15 is 0 Å². The Hall–Kier alpha value is -2.05. The maximum Gasteiger partial charge on any atom is 0.248 e. The van der Waals surface area contributed by atoms with Crippen LogP contribution in [0.1, 0.15) is 45.9 Å². The molecule has 0 spiro atoms. The lowest BCUT2D eigenvalue weighted by Crippen LogP contribution is -2.49. The van der Waals surface area contributed by atoms with Crippen molar-refractivity contribution in [3.05, 3.63) is 11.9 Å². The first-order valence-electron chi connectivity index (χ1n) is 10.9. The van der Waals surface area contributed by atoms with Crippen molar-refractivity contribution >= 4 is 21.7 Å². The zero-order valence-corrected chi connectivity index (χ0v) is 20.2. The number of hydrogen-bond donors (Lipinski definition) is 2. The summed E-state index contributed by atoms with van der Waals surface area (Å²) in [6.07, 6.45) is 1.15. The summed E-state index contributed by atoms with van der Waals surface area (Å²) < 4.78 is 25.2. The predicted molar refractivity (Wildman–Crippen MR) is 117 cm³/mol. The highest BCUT2D eigenvalue weighted by molar-refractivity contribution is 7.91. The van der Waals surface area contributed by atoms with E-state index in [4.69, 9.17) is 0 Å². The van der Waals surface area contributed by atoms with Gasteiger partial charge in [-0.3, -0.25) is 14.5 Å². The molecule has 2 saturated heterocycles. The van der Waals surface area contributed by atoms with Crippen LogP contribution in [0.5, 0.6) is 0 Å². The number of carbonyl (C=O) groups excluding carboxylic acids is 2. The smallest absolute Gasteiger partial charge is 0.248 e. The molecule has 2 amide bonds. The van der Waals surface area contributed by atoms with Gasteiger partial charge < -0.3 is 15.3 Å². The number of carbonyl (C=O) groups is 2. The number of β-amino-alcohol motifs (C(OH)–C–C–N with tert-alkyl or cyclic N) is 1. The number of amides is 2. The van der Waals surface area contributed by atoms with Crippen molar-refractivity contribution in [2.45, 2.75) is 64.9 Å². The summed E-state index contributed by atoms with van der Waals surface area (Å²) in [5.41, 5.74) is 0.109. The van der Waals surface area contributed by atoms with Gasteiger partial charge >= 0.3 is 0 Å². The standard InChI is InChI=1S/C20H34N6O5S/c1-13-12-32(30,31)7-6-24(13)9-14-10-26(23-22-14)17(20(2,3)4)19(29)25-11-15(27)8-16(25)18(28)21-5/h10,13,15-17,27H,6-9,11-12H2,1-5H3,(H,21,28)/t13?,15?,16?,17-/m1/s1. The Morgan fingerprint density at radius 3 is 2.62 bits per heavy atom. The van der Waals surface area contributed by atoms with E-state index < -0.39 is 33.4 Å². The Morgan fingerprint density at radius 2 is 2.03 bits per heavy atom. The maximum atomic E-state index is 13.6. The average molecular weight is 471 g/mol. The minimum absolute atomic E-state index is 0.0881. The Labute approximate surface area is 189 Å². The Morgan fingerprint density at radius 1 is 1.34 bits per heavy atom. The third-order valence-corrected chi connectivity index (χ3v) is 7.96. The zero-order chi connectivity index (χ0) is 23.8. The second-order valence-electron chi connectivity index (χ2n) is 9.90. The minimum Gasteiger partial charge on any atom is -0.391 e. The average Bonchev–Trinajstić information content (AvgIpc) is 3.28. The molecule has 0 aromatic carbocycles. The highest BCUT2D eigenvalue weighted by atomic mass is 32.2. The van der Waals surface area contributed by atoms with Gasteiger partial charge in [0.05, 0.1) is 29.5 Å². The lowest BCUT2D eigenvalue weighted by molar-refractivity contribution is -0.144. The molecule has 3 unspecified atom stereocenters. The minimum atomic E-state index is -3.01. The van der Waals surface area contributed by atoms with Gasteiger partial charge in [-0.25, -0.2) is 13.1 Å². The van der Waals surface area contributed by atoms with E-state index in [1.54, 1.807) is 6.20 Å². The third kappa shape index (κ3) is 5.29. The molecule has 2 N–H and O–H groups in total. The van der Waals surface area contributed by atoms with Gasteiger partial charge in [0.1, 0.15) is 12.1 Å². The number of hydrogen-bond acceptors (Lipinski definition) is 8. The van der Waals surface area contributed by atoms with Crippen molar-refractivity contribution < 1.29 is 23.1 Å². The number of likely N-dealkylation sites (tertiary alicyclic amines) is 1. The van der Waals surface area contributed by atoms with Crippen LogP contribution in [0.3, 0.4) is 0 Å². The van der Waals surface area contributed by atoms with Gasteiger partial charge in [-0.2, -0.15) is 0 Å². The van der Waals surface area contributed by atoms with Crippen molar-refractivity contribution in [3.63, 3.8) is 0 Å². The van der Waals surface area contributed by atoms with Crippen molar-refractivity contribution in [1.29, 1.82) is 0 Å². The molecule has 0 aliphatic carbocycles. The van der Waals surface area contributed by atoms with E-state index in [0.29, 0.717) is 18.8 Å². The zero-order valence-electron chi connectivity index (χ0n) is 19.4. The number of rotatable bonds is 5. The largest absolute Gasteiger partial charge is 0.391 e. The van der Waals surface area contributed by atoms with Crippen molar-refractivity contribution in [2.24, 2.45) is 5.41 Å². The second kappa shape index (κ2) is 9.06. The van der Waals surface area contributed by atoms with Crippen LogP contribution >= 0.6 is 0 Å². The first-order chi connectivity index (χ1) is 14.8. The molecule has 0 bridgehead atoms. The van der Waals surface area contributed by atoms with Gasteiger partial charge in [0.2, 0.25) is 11.8 Å². The topological polar surface area (TPSA) is 138 Å². The highest BCUT2D eigenvalue weighted by Crippen LogP contribution is 2.34. The Balaban J connectivity index is 1.81. The van der Waals surface area contributed by atoms with Gasteiger partial charge in [0.25, 0.3) is 0 Å². The molecular formula is C20H34N6O5S. The SMILES string of the molecule is CNC(=O)C1CC(O)CN1C(=O)[C@@H](n1cc(CN2CCS(=O)(=O)CC2C)nn1)C(C)(C)C. The maximum absolute atomic E-state index is 13.6. The molecule has 1 aromatic rings. The fourth-order valence-corrected chi connectivity index (χ4v) is 6.12. The van der Waals surface area contributed by atoms with Crippen LogP contribution in [0.2, 0.25) is 0 Å². The lowest BCUT2D eigenvalue weighted by Gasteiger charge is -2.34. The van der Waals surface area contributed by atoms with Crippen LogP contribution in [-0.2, 0) is 26.0 Å². The molecule has 0 radical (unpaired) electrons. The molecule has 4 atom stereocenters. The van der Waals surface area contributed by atoms with Gasteiger partial charge in [-0.1, -0.05) is 26.0 Å². The molecule has 3 heterocycles. The summed E-state index contributed by atoms with van der Waals surface area (Å²) in [7, 11) is -1.50. The number of likely N-dealkylation sites (N-methyl/N-ethyl adjacent to an activating group) is 1. The monoisotopic (exact) mass is 470 g/mol. The van der Waals surface area contributed by atoms with E-state index in [1.807, 2.05) is 32.6 Å². The van der Waals surface area contributed by atoms with Gasteiger partial charge in [0.15, 0.2) is 9.84 Å². The van der Waals surface area contributed by atoms with Crippen molar-refractivity contribution in [1.82, 2.24) is 30.1 Å². The van der Waals surface area contributed by atoms with E-state index in [2.05, 4.69) is 15.6 Å². The summed E-state index contributed by atoms with van der Waals surface area (Å²) >= 11 is 0. The van der Waals surface area contributed by atoms with E-state index in [9.17, 15) is 23.1 Å². The first-order valence-corrected chi connectivity index (χ1v) is 12.7. The summed E-state index contributed by atoms with van der Waals surface area (Å²) in [6, 6.07) is -1.58. The third-order valence-electron chi connectivity index (χ3n) is 6.16. The molecule has 2 aliphatic heterocycles. The number of nitrogens with zero attached hydrogens (tertiary/aromatic N) is 5. The molecule has 32 heavy (non-hydrogen) atoms. The molecule has 12 heteroatoms. The molecule has 180 valence electrons. The number of nitrogens with one attached hydrogen (secondary N) is 1. The molecule has 1 aromatic heterocycles. The first kappa shape index (κ1) is 24.6. The van der Waals surface area contributed by atoms with Crippen LogP contribution in [-0.4, -0.2) is 100.0 Å². The van der Waals surface area contributed by atoms with E-state index in [0.717, 1.165) is 0 Å². The molecule has 2 fully saturated rings. The van der Waals surface area contributed by atoms with Crippen molar-refractivity contribution in [3.8, 4) is 0 Å². The predicted octanol–water partition coefficient (Wildman–Crippen LogP) is -0.808. The van der Waals surface area contributed by atoms with Crippen LogP contribution in [0.4, 0.5) is 0 Å². The summed E-state index contributed by atoms with van der Waals surface area (Å²) in [6.45, 7) is 8.56. The summed E-state index contributed by atoms with van der Waals surface area (Å²) in [5.74, 6) is -0.373. The van der Waals surface area contributed by atoms with Gasteiger partial charge in [0, 0.05) is 39.1 Å². The van der Waals surface area contributed by atoms with E-state index in [1.165, 1.54) is 16.6 Å². The molecule has 3 rings (SSSR count). The van der Waals surface area contributed by atoms with Gasteiger partial charge in [-0.05, 0) is 12.3 Å². The van der Waals surface area contributed by atoms with Crippen LogP contribution in [0.25, 0.3) is 0 Å².